The van der Waals surface area contributed by atoms with Gasteiger partial charge in [-0.05, 0) is 0 Å². The Kier molecular flexibility index (Phi) is 41.8. The molecule has 0 saturated carbocycles. The van der Waals surface area contributed by atoms with Gasteiger partial charge in [0.15, 0.2) is 37.7 Å². The molecule has 0 aromatic heterocycles. The topological polar surface area (TPSA) is 807 Å². The van der Waals surface area contributed by atoms with Crippen molar-refractivity contribution < 1.29 is 221 Å². The van der Waals surface area contributed by atoms with E-state index in [-0.39, 0.29) is 19.2 Å². The first-order valence-electron chi connectivity index (χ1n) is 26.6. The van der Waals surface area contributed by atoms with E-state index in [0.29, 0.717) is 0 Å². The van der Waals surface area contributed by atoms with Crippen LogP contribution in [0.15, 0.2) is 0 Å². The van der Waals surface area contributed by atoms with Crippen molar-refractivity contribution in [1.29, 1.82) is 0 Å². The monoisotopic (exact) mass is 1350 g/mol. The summed E-state index contributed by atoms with van der Waals surface area (Å²) in [6.45, 7) is -6.71. The van der Waals surface area contributed by atoms with Crippen LogP contribution >= 0.6 is 0 Å². The van der Waals surface area contributed by atoms with E-state index >= 15 is 0 Å². The maximum atomic E-state index is 10.00. The third-order valence-corrected chi connectivity index (χ3v) is 13.5. The number of rotatable bonds is 23. The first-order valence-corrected chi connectivity index (χ1v) is 26.6. The molecule has 0 bridgehead atoms. The molecule has 5 heterocycles. The SMILES string of the molecule is O=C[C@@H](O)[C@H](O)[C@H](O)CO.O=C[C@H](O)[C@@H](O)[C@@H](O)[C@H](O)CO.OC1OC[C@@H](O)[C@H](O)[C@H]1O.OC[C@@H](O)[C@@H](O)[C@H](O)[C@H](O)CO.OC[C@H]1O[C@@](CO)(O[C@H]2O[C@H](CO)[C@@H](O)[C@H](O)[C@H]2O)[C@@H](O)[C@@H]1O.OC[C@H]1O[C@H](O[C@H]2O[C@H](CO)[C@@H](O)[C@H](O)[C@H]2O)[C@H](O)[C@@H](O)[C@@H]1O. The molecule has 5 fully saturated rings. The largest absolute Gasteiger partial charge is 0.394 e. The van der Waals surface area contributed by atoms with Crippen LogP contribution in [0.4, 0.5) is 0 Å². The summed E-state index contributed by atoms with van der Waals surface area (Å²) in [4.78, 5) is 19.7. The molecule has 5 aliphatic rings. The standard InChI is InChI=1S/2C12H22O11.C6H14O6.C6H12O6.2C5H10O5/c13-1-4-6(16)8(18)9(19)11(21-4)23-12(3-15)10(20)7(17)5(2-14)22-12;13-1-3-5(15)7(17)9(19)11(21-3)23-12-10(20)8(18)6(16)4(2-14)22-12;2*7-1-3(9)5(11)6(12)4(10)2-8;6-2-1-10-5(9)4(8)3(2)7;6-1-3(8)5(10)4(9)2-7/h4-11,13-20H,1-3H2;3-20H,1-2H2;3-12H,1-2H2;1,3-6,8-12H,2H2;2-9H,1H2;1,3-5,7-10H,2H2/t4-,5-,6-,7-,8+,9-,10+,11-,12+;3-,4-,5-,6-,7+,8+,9-,10-,11-,12-;3-,4-,5-,6-;3-,4+,5+,6-;2-,3+,4-,5?;3-,4-,5+/m111011/s1. The fraction of sp³-hybridized carbons (Fsp3) is 0.957. The molecule has 90 heavy (non-hydrogen) atoms. The second kappa shape index (κ2) is 43.0. The van der Waals surface area contributed by atoms with Crippen LogP contribution in [-0.2, 0) is 42.7 Å². The van der Waals surface area contributed by atoms with Gasteiger partial charge < -0.3 is 221 Å². The van der Waals surface area contributed by atoms with Gasteiger partial charge in [-0.1, -0.05) is 0 Å². The van der Waals surface area contributed by atoms with Crippen LogP contribution in [0.2, 0.25) is 0 Å². The van der Waals surface area contributed by atoms with E-state index in [1.165, 1.54) is 0 Å². The van der Waals surface area contributed by atoms with Crippen LogP contribution in [-0.4, -0.2) is 465 Å². The molecular formula is C46H90O44. The van der Waals surface area contributed by atoms with Crippen molar-refractivity contribution >= 4 is 12.6 Å². The van der Waals surface area contributed by atoms with Gasteiger partial charge in [0.05, 0.1) is 59.5 Å². The molecule has 0 spiro atoms. The fourth-order valence-electron chi connectivity index (χ4n) is 7.62. The van der Waals surface area contributed by atoms with E-state index in [4.69, 9.17) is 146 Å². The molecule has 44 heteroatoms. The van der Waals surface area contributed by atoms with Gasteiger partial charge in [0.2, 0.25) is 5.79 Å². The van der Waals surface area contributed by atoms with Crippen molar-refractivity contribution in [3.63, 3.8) is 0 Å². The minimum atomic E-state index is -2.22. The Hall–Kier alpha value is -2.34. The average molecular weight is 1350 g/mol. The third-order valence-electron chi connectivity index (χ3n) is 13.5. The number of aliphatic hydroxyl groups is 35. The zero-order valence-electron chi connectivity index (χ0n) is 47.1. The van der Waals surface area contributed by atoms with Crippen LogP contribution in [0.3, 0.4) is 0 Å². The van der Waals surface area contributed by atoms with Gasteiger partial charge in [0, 0.05) is 0 Å². The summed E-state index contributed by atoms with van der Waals surface area (Å²) in [5, 5.41) is 318. The molecule has 5 saturated heterocycles. The van der Waals surface area contributed by atoms with Crippen molar-refractivity contribution in [2.45, 2.75) is 208 Å². The lowest BCUT2D eigenvalue weighted by atomic mass is 9.98. The molecule has 5 aliphatic heterocycles. The highest BCUT2D eigenvalue weighted by atomic mass is 16.8. The summed E-state index contributed by atoms with van der Waals surface area (Å²) in [7, 11) is 0. The first kappa shape index (κ1) is 87.7. The van der Waals surface area contributed by atoms with Gasteiger partial charge in [-0.2, -0.15) is 0 Å². The molecule has 0 amide bonds. The van der Waals surface area contributed by atoms with Crippen LogP contribution in [0, 0.1) is 0 Å². The lowest BCUT2D eigenvalue weighted by molar-refractivity contribution is -0.383. The quantitative estimate of drug-likeness (QED) is 0.0422. The Bertz CT molecular complexity index is 1810. The molecule has 0 radical (unpaired) electrons. The highest BCUT2D eigenvalue weighted by Crippen LogP contribution is 2.36. The highest BCUT2D eigenvalue weighted by Gasteiger charge is 2.58. The highest BCUT2D eigenvalue weighted by molar-refractivity contribution is 5.57. The lowest BCUT2D eigenvalue weighted by Gasteiger charge is -2.44. The van der Waals surface area contributed by atoms with E-state index in [9.17, 15) is 70.9 Å². The minimum absolute atomic E-state index is 0.0258. The van der Waals surface area contributed by atoms with E-state index < -0.39 is 267 Å². The zero-order valence-corrected chi connectivity index (χ0v) is 47.1. The van der Waals surface area contributed by atoms with E-state index in [1.807, 2.05) is 0 Å². The smallest absolute Gasteiger partial charge is 0.224 e. The molecule has 538 valence electrons. The number of aldehydes is 2. The summed E-state index contributed by atoms with van der Waals surface area (Å²) in [6.07, 6.45) is -51.3. The van der Waals surface area contributed by atoms with Gasteiger partial charge in [-0.25, -0.2) is 0 Å². The van der Waals surface area contributed by atoms with Gasteiger partial charge in [0.25, 0.3) is 0 Å². The van der Waals surface area contributed by atoms with Gasteiger partial charge in [-0.15, -0.1) is 0 Å². The molecule has 5 rings (SSSR count). The third kappa shape index (κ3) is 24.7. The Morgan fingerprint density at radius 1 is 0.378 bits per heavy atom. The van der Waals surface area contributed by atoms with Crippen molar-refractivity contribution in [3.8, 4) is 0 Å². The Morgan fingerprint density at radius 2 is 0.700 bits per heavy atom. The summed E-state index contributed by atoms with van der Waals surface area (Å²) in [5.41, 5.74) is 0. The van der Waals surface area contributed by atoms with Crippen molar-refractivity contribution in [2.24, 2.45) is 0 Å². The van der Waals surface area contributed by atoms with Crippen LogP contribution < -0.4 is 0 Å². The van der Waals surface area contributed by atoms with E-state index in [0.717, 1.165) is 0 Å². The maximum Gasteiger partial charge on any atom is 0.224 e. The minimum Gasteiger partial charge on any atom is -0.394 e. The molecular weight excluding hydrogens is 1260 g/mol. The van der Waals surface area contributed by atoms with Crippen molar-refractivity contribution in [3.05, 3.63) is 0 Å². The summed E-state index contributed by atoms with van der Waals surface area (Å²) < 4.78 is 35.2. The Morgan fingerprint density at radius 3 is 1.01 bits per heavy atom. The average Bonchev–Trinajstić information content (AvgIpc) is 1.55. The summed E-state index contributed by atoms with van der Waals surface area (Å²) >= 11 is 0. The van der Waals surface area contributed by atoms with Crippen LogP contribution in [0.25, 0.3) is 0 Å². The van der Waals surface area contributed by atoms with Gasteiger partial charge in [-0.3, -0.25) is 0 Å². The van der Waals surface area contributed by atoms with Crippen molar-refractivity contribution in [1.82, 2.24) is 0 Å². The predicted molar refractivity (Wildman–Crippen MR) is 274 cm³/mol. The number of hydrogen-bond acceptors (Lipinski definition) is 44. The maximum absolute atomic E-state index is 10.00. The van der Waals surface area contributed by atoms with Crippen LogP contribution in [0.5, 0.6) is 0 Å². The van der Waals surface area contributed by atoms with Crippen LogP contribution in [0.1, 0.15) is 0 Å². The number of carbonyl (C=O) groups excluding carboxylic acids is 2. The van der Waals surface area contributed by atoms with E-state index in [1.54, 1.807) is 0 Å². The van der Waals surface area contributed by atoms with Crippen molar-refractivity contribution in [2.75, 3.05) is 66.1 Å². The lowest BCUT2D eigenvalue weighted by Crippen LogP contribution is -2.63. The number of hydrogen-bond donors (Lipinski definition) is 35. The first-order chi connectivity index (χ1) is 42.0. The molecule has 1 unspecified atom stereocenters. The molecule has 35 N–H and O–H groups in total. The second-order valence-corrected chi connectivity index (χ2v) is 20.1. The second-order valence-electron chi connectivity index (χ2n) is 20.1. The normalized spacial score (nSPS) is 39.6. The summed E-state index contributed by atoms with van der Waals surface area (Å²) in [5.74, 6) is -2.22. The fourth-order valence-corrected chi connectivity index (χ4v) is 7.62. The van der Waals surface area contributed by atoms with Gasteiger partial charge in [0.1, 0.15) is 184 Å². The van der Waals surface area contributed by atoms with Gasteiger partial charge >= 0.3 is 0 Å². The molecule has 34 atom stereocenters. The zero-order chi connectivity index (χ0) is 70.0. The summed E-state index contributed by atoms with van der Waals surface area (Å²) in [6, 6.07) is 0. The molecule has 0 aromatic rings. The van der Waals surface area contributed by atoms with E-state index in [2.05, 4.69) is 4.74 Å². The number of ether oxygens (including phenoxy) is 7. The predicted octanol–water partition coefficient (Wildman–Crippen LogP) is -23.1. The molecule has 44 nitrogen and oxygen atoms in total. The number of carbonyl (C=O) groups is 2. The number of aliphatic hydroxyl groups excluding tert-OH is 35. The Labute approximate surface area is 507 Å². The molecule has 0 aromatic carbocycles. The Balaban J connectivity index is 0.00000110. The molecule has 0 aliphatic carbocycles.